The van der Waals surface area contributed by atoms with E-state index in [4.69, 9.17) is 0 Å². The van der Waals surface area contributed by atoms with Crippen LogP contribution >= 0.6 is 15.9 Å². The monoisotopic (exact) mass is 356 g/mol. The summed E-state index contributed by atoms with van der Waals surface area (Å²) in [6.07, 6.45) is 1.68. The second-order valence-electron chi connectivity index (χ2n) is 4.89. The Hall–Kier alpha value is -2.40. The summed E-state index contributed by atoms with van der Waals surface area (Å²) in [4.78, 5) is 25.6. The largest absolute Gasteiger partial charge is 0.329 e. The van der Waals surface area contributed by atoms with Crippen LogP contribution in [0.5, 0.6) is 0 Å². The van der Waals surface area contributed by atoms with E-state index in [1.165, 1.54) is 4.90 Å². The molecular weight excluding hydrogens is 344 g/mol. The second kappa shape index (κ2) is 6.15. The topological polar surface area (TPSA) is 49.4 Å². The number of imide groups is 1. The van der Waals surface area contributed by atoms with Crippen molar-refractivity contribution in [3.63, 3.8) is 0 Å². The molecule has 1 fully saturated rings. The summed E-state index contributed by atoms with van der Waals surface area (Å²) in [6.45, 7) is 0.263. The van der Waals surface area contributed by atoms with E-state index >= 15 is 0 Å². The van der Waals surface area contributed by atoms with Gasteiger partial charge in [0.15, 0.2) is 0 Å². The highest BCUT2D eigenvalue weighted by atomic mass is 79.9. The molecule has 0 spiro atoms. The van der Waals surface area contributed by atoms with Crippen LogP contribution in [0.2, 0.25) is 0 Å². The zero-order valence-electron chi connectivity index (χ0n) is 11.6. The number of nitrogens with one attached hydrogen (secondary N) is 1. The van der Waals surface area contributed by atoms with E-state index in [1.54, 1.807) is 6.08 Å². The molecule has 2 aromatic rings. The molecule has 0 saturated carbocycles. The van der Waals surface area contributed by atoms with Gasteiger partial charge in [-0.2, -0.15) is 0 Å². The SMILES string of the molecule is O=C1N/C(=C/c2ccccc2Br)C(=O)N1Cc1ccccc1. The lowest BCUT2D eigenvalue weighted by Crippen LogP contribution is -2.30. The van der Waals surface area contributed by atoms with Crippen LogP contribution < -0.4 is 5.32 Å². The number of carbonyl (C=O) groups excluding carboxylic acids is 2. The first-order valence-electron chi connectivity index (χ1n) is 6.78. The van der Waals surface area contributed by atoms with E-state index in [0.29, 0.717) is 0 Å². The van der Waals surface area contributed by atoms with Crippen LogP contribution in [0.15, 0.2) is 64.8 Å². The van der Waals surface area contributed by atoms with Crippen LogP contribution in [0.3, 0.4) is 0 Å². The number of rotatable bonds is 3. The van der Waals surface area contributed by atoms with Gasteiger partial charge in [-0.25, -0.2) is 4.79 Å². The van der Waals surface area contributed by atoms with Crippen molar-refractivity contribution in [3.05, 3.63) is 75.9 Å². The zero-order chi connectivity index (χ0) is 15.5. The number of hydrogen-bond acceptors (Lipinski definition) is 2. The van der Waals surface area contributed by atoms with Crippen LogP contribution in [-0.4, -0.2) is 16.8 Å². The Morgan fingerprint density at radius 2 is 1.68 bits per heavy atom. The number of benzene rings is 2. The molecule has 4 nitrogen and oxygen atoms in total. The molecule has 1 aliphatic heterocycles. The van der Waals surface area contributed by atoms with Crippen molar-refractivity contribution in [3.8, 4) is 0 Å². The van der Waals surface area contributed by atoms with Crippen molar-refractivity contribution in [2.75, 3.05) is 0 Å². The third kappa shape index (κ3) is 2.94. The fourth-order valence-electron chi connectivity index (χ4n) is 2.23. The predicted molar refractivity (Wildman–Crippen MR) is 87.6 cm³/mol. The molecule has 0 bridgehead atoms. The Kier molecular flexibility index (Phi) is 4.06. The molecule has 1 aliphatic rings. The number of hydrogen-bond donors (Lipinski definition) is 1. The molecule has 2 aromatic carbocycles. The Bertz CT molecular complexity index is 756. The maximum atomic E-state index is 12.4. The van der Waals surface area contributed by atoms with Gasteiger partial charge in [0.25, 0.3) is 5.91 Å². The van der Waals surface area contributed by atoms with Gasteiger partial charge in [0, 0.05) is 4.47 Å². The highest BCUT2D eigenvalue weighted by Crippen LogP contribution is 2.21. The highest BCUT2D eigenvalue weighted by molar-refractivity contribution is 9.10. The van der Waals surface area contributed by atoms with Crippen molar-refractivity contribution >= 4 is 33.9 Å². The molecule has 22 heavy (non-hydrogen) atoms. The summed E-state index contributed by atoms with van der Waals surface area (Å²) in [5.41, 5.74) is 2.04. The lowest BCUT2D eigenvalue weighted by Gasteiger charge is -2.11. The molecule has 0 atom stereocenters. The quantitative estimate of drug-likeness (QED) is 0.675. The van der Waals surface area contributed by atoms with Gasteiger partial charge in [-0.3, -0.25) is 9.69 Å². The minimum absolute atomic E-state index is 0.263. The number of halogens is 1. The zero-order valence-corrected chi connectivity index (χ0v) is 13.2. The first kappa shape index (κ1) is 14.5. The maximum Gasteiger partial charge on any atom is 0.329 e. The fraction of sp³-hybridized carbons (Fsp3) is 0.0588. The van der Waals surface area contributed by atoms with E-state index in [9.17, 15) is 9.59 Å². The third-order valence-corrected chi connectivity index (χ3v) is 4.07. The summed E-state index contributed by atoms with van der Waals surface area (Å²) in [7, 11) is 0. The Labute approximate surface area is 136 Å². The summed E-state index contributed by atoms with van der Waals surface area (Å²) in [5.74, 6) is -0.315. The van der Waals surface area contributed by atoms with E-state index in [1.807, 2.05) is 54.6 Å². The molecule has 0 aliphatic carbocycles. The number of nitrogens with zero attached hydrogens (tertiary/aromatic N) is 1. The summed E-state index contributed by atoms with van der Waals surface area (Å²) in [6, 6.07) is 16.6. The average molecular weight is 357 g/mol. The van der Waals surface area contributed by atoms with E-state index in [-0.39, 0.29) is 18.1 Å². The Morgan fingerprint density at radius 3 is 2.41 bits per heavy atom. The fourth-order valence-corrected chi connectivity index (χ4v) is 2.63. The van der Waals surface area contributed by atoms with Crippen LogP contribution in [-0.2, 0) is 11.3 Å². The molecule has 1 heterocycles. The number of amides is 3. The van der Waals surface area contributed by atoms with E-state index in [2.05, 4.69) is 21.2 Å². The lowest BCUT2D eigenvalue weighted by molar-refractivity contribution is -0.123. The summed E-state index contributed by atoms with van der Waals surface area (Å²) < 4.78 is 0.867. The molecular formula is C17H13BrN2O2. The molecule has 0 unspecified atom stereocenters. The molecule has 110 valence electrons. The first-order valence-corrected chi connectivity index (χ1v) is 7.57. The van der Waals surface area contributed by atoms with Crippen molar-refractivity contribution in [1.29, 1.82) is 0 Å². The predicted octanol–water partition coefficient (Wildman–Crippen LogP) is 3.54. The van der Waals surface area contributed by atoms with Gasteiger partial charge in [0.2, 0.25) is 0 Å². The van der Waals surface area contributed by atoms with Gasteiger partial charge in [0.05, 0.1) is 6.54 Å². The van der Waals surface area contributed by atoms with Crippen molar-refractivity contribution in [1.82, 2.24) is 10.2 Å². The lowest BCUT2D eigenvalue weighted by atomic mass is 10.2. The third-order valence-electron chi connectivity index (χ3n) is 3.35. The molecule has 0 radical (unpaired) electrons. The van der Waals surface area contributed by atoms with Gasteiger partial charge < -0.3 is 5.32 Å². The molecule has 1 N–H and O–H groups in total. The molecule has 5 heteroatoms. The molecule has 0 aromatic heterocycles. The Morgan fingerprint density at radius 1 is 1.00 bits per heavy atom. The van der Waals surface area contributed by atoms with Gasteiger partial charge in [0.1, 0.15) is 5.70 Å². The highest BCUT2D eigenvalue weighted by Gasteiger charge is 2.33. The smallest absolute Gasteiger partial charge is 0.303 e. The number of carbonyl (C=O) groups is 2. The van der Waals surface area contributed by atoms with Gasteiger partial charge in [-0.05, 0) is 23.3 Å². The van der Waals surface area contributed by atoms with Crippen molar-refractivity contribution < 1.29 is 9.59 Å². The van der Waals surface area contributed by atoms with Gasteiger partial charge in [-0.1, -0.05) is 64.5 Å². The minimum Gasteiger partial charge on any atom is -0.303 e. The van der Waals surface area contributed by atoms with Gasteiger partial charge in [-0.15, -0.1) is 0 Å². The molecule has 3 amide bonds. The minimum atomic E-state index is -0.396. The van der Waals surface area contributed by atoms with Crippen molar-refractivity contribution in [2.24, 2.45) is 0 Å². The second-order valence-corrected chi connectivity index (χ2v) is 5.74. The molecule has 3 rings (SSSR count). The standard InChI is InChI=1S/C17H13BrN2O2/c18-14-9-5-4-8-13(14)10-15-16(21)20(17(22)19-15)11-12-6-2-1-3-7-12/h1-10H,11H2,(H,19,22)/b15-10+. The number of urea groups is 1. The van der Waals surface area contributed by atoms with Crippen LogP contribution in [0.4, 0.5) is 4.79 Å². The van der Waals surface area contributed by atoms with E-state index in [0.717, 1.165) is 15.6 Å². The van der Waals surface area contributed by atoms with Crippen LogP contribution in [0, 0.1) is 0 Å². The molecule has 1 saturated heterocycles. The van der Waals surface area contributed by atoms with Crippen molar-refractivity contribution in [2.45, 2.75) is 6.54 Å². The normalized spacial score (nSPS) is 16.2. The average Bonchev–Trinajstić information content (AvgIpc) is 2.78. The Balaban J connectivity index is 1.84. The first-order chi connectivity index (χ1) is 10.6. The summed E-state index contributed by atoms with van der Waals surface area (Å²) in [5, 5.41) is 2.63. The van der Waals surface area contributed by atoms with Crippen LogP contribution in [0.1, 0.15) is 11.1 Å². The maximum absolute atomic E-state index is 12.4. The van der Waals surface area contributed by atoms with E-state index < -0.39 is 6.03 Å². The summed E-state index contributed by atoms with van der Waals surface area (Å²) >= 11 is 3.43. The van der Waals surface area contributed by atoms with Gasteiger partial charge >= 0.3 is 6.03 Å². The van der Waals surface area contributed by atoms with Crippen LogP contribution in [0.25, 0.3) is 6.08 Å².